The van der Waals surface area contributed by atoms with Crippen molar-refractivity contribution in [1.82, 2.24) is 15.7 Å². The Morgan fingerprint density at radius 2 is 1.86 bits per heavy atom. The van der Waals surface area contributed by atoms with Gasteiger partial charge in [-0.25, -0.2) is 10.3 Å². The fourth-order valence-corrected chi connectivity index (χ4v) is 1.99. The second-order valence-electron chi connectivity index (χ2n) is 5.52. The predicted molar refractivity (Wildman–Crippen MR) is 84.7 cm³/mol. The number of hydrogen-bond donors (Lipinski definition) is 3. The molecule has 122 valence electrons. The second-order valence-corrected chi connectivity index (χ2v) is 5.52. The summed E-state index contributed by atoms with van der Waals surface area (Å²) in [6.45, 7) is 7.12. The Kier molecular flexibility index (Phi) is 7.39. The van der Waals surface area contributed by atoms with E-state index in [0.717, 1.165) is 18.4 Å². The van der Waals surface area contributed by atoms with Crippen LogP contribution in [-0.4, -0.2) is 34.6 Å². The number of amides is 3. The van der Waals surface area contributed by atoms with Crippen molar-refractivity contribution < 1.29 is 14.8 Å². The summed E-state index contributed by atoms with van der Waals surface area (Å²) in [6, 6.07) is 6.82. The fraction of sp³-hybridized carbons (Fsp3) is 0.500. The molecule has 0 saturated carbocycles. The molecule has 0 aliphatic rings. The van der Waals surface area contributed by atoms with Gasteiger partial charge in [0.1, 0.15) is 0 Å². The van der Waals surface area contributed by atoms with Crippen LogP contribution in [0.2, 0.25) is 0 Å². The highest BCUT2D eigenvalue weighted by Gasteiger charge is 2.14. The van der Waals surface area contributed by atoms with E-state index in [9.17, 15) is 9.59 Å². The van der Waals surface area contributed by atoms with Crippen molar-refractivity contribution >= 4 is 11.9 Å². The maximum atomic E-state index is 12.2. The van der Waals surface area contributed by atoms with Gasteiger partial charge in [-0.05, 0) is 38.0 Å². The van der Waals surface area contributed by atoms with Gasteiger partial charge in [0.15, 0.2) is 0 Å². The Morgan fingerprint density at radius 3 is 2.36 bits per heavy atom. The lowest BCUT2D eigenvalue weighted by molar-refractivity contribution is 0.0706. The number of nitrogens with one attached hydrogen (secondary N) is 2. The third-order valence-electron chi connectivity index (χ3n) is 3.17. The van der Waals surface area contributed by atoms with Crippen LogP contribution in [0, 0.1) is 0 Å². The molecule has 1 aromatic carbocycles. The molecular weight excluding hydrogens is 282 g/mol. The first-order chi connectivity index (χ1) is 10.5. The zero-order valence-electron chi connectivity index (χ0n) is 13.4. The van der Waals surface area contributed by atoms with Gasteiger partial charge < -0.3 is 10.2 Å². The summed E-state index contributed by atoms with van der Waals surface area (Å²) >= 11 is 0. The van der Waals surface area contributed by atoms with Crippen LogP contribution in [0.25, 0.3) is 0 Å². The highest BCUT2D eigenvalue weighted by Crippen LogP contribution is 2.09. The number of rotatable bonds is 7. The van der Waals surface area contributed by atoms with Crippen LogP contribution in [0.5, 0.6) is 0 Å². The molecule has 0 atom stereocenters. The SMILES string of the molecule is CCCCN(Cc1ccc(C(=O)NO)cc1)C(=O)NC(C)C. The van der Waals surface area contributed by atoms with Crippen LogP contribution in [0.4, 0.5) is 4.79 Å². The van der Waals surface area contributed by atoms with E-state index in [1.54, 1.807) is 34.6 Å². The van der Waals surface area contributed by atoms with Crippen molar-refractivity contribution in [2.75, 3.05) is 6.54 Å². The van der Waals surface area contributed by atoms with Gasteiger partial charge in [0.25, 0.3) is 5.91 Å². The molecule has 0 aliphatic carbocycles. The minimum absolute atomic E-state index is 0.0828. The van der Waals surface area contributed by atoms with Crippen molar-refractivity contribution in [3.05, 3.63) is 35.4 Å². The van der Waals surface area contributed by atoms with Crippen molar-refractivity contribution in [3.63, 3.8) is 0 Å². The number of carbonyl (C=O) groups excluding carboxylic acids is 2. The predicted octanol–water partition coefficient (Wildman–Crippen LogP) is 2.53. The van der Waals surface area contributed by atoms with Gasteiger partial charge in [-0.3, -0.25) is 10.0 Å². The standard InChI is InChI=1S/C16H25N3O3/c1-4-5-10-19(16(21)17-12(2)3)11-13-6-8-14(9-7-13)15(20)18-22/h6-9,12,22H,4-5,10-11H2,1-3H3,(H,17,21)(H,18,20). The molecule has 0 bridgehead atoms. The van der Waals surface area contributed by atoms with Crippen LogP contribution in [0.15, 0.2) is 24.3 Å². The molecule has 6 nitrogen and oxygen atoms in total. The average Bonchev–Trinajstić information content (AvgIpc) is 2.50. The van der Waals surface area contributed by atoms with E-state index >= 15 is 0 Å². The molecule has 6 heteroatoms. The number of urea groups is 1. The number of hydroxylamine groups is 1. The Bertz CT molecular complexity index is 486. The number of unbranched alkanes of at least 4 members (excludes halogenated alkanes) is 1. The van der Waals surface area contributed by atoms with Crippen LogP contribution < -0.4 is 10.8 Å². The van der Waals surface area contributed by atoms with Gasteiger partial charge in [-0.2, -0.15) is 0 Å². The van der Waals surface area contributed by atoms with Crippen molar-refractivity contribution in [3.8, 4) is 0 Å². The maximum absolute atomic E-state index is 12.2. The van der Waals surface area contributed by atoms with Crippen LogP contribution in [0.3, 0.4) is 0 Å². The summed E-state index contributed by atoms with van der Waals surface area (Å²) in [5.41, 5.74) is 2.90. The third-order valence-corrected chi connectivity index (χ3v) is 3.17. The minimum Gasteiger partial charge on any atom is -0.336 e. The normalized spacial score (nSPS) is 10.4. The van der Waals surface area contributed by atoms with Gasteiger partial charge in [0.2, 0.25) is 0 Å². The van der Waals surface area contributed by atoms with E-state index < -0.39 is 5.91 Å². The van der Waals surface area contributed by atoms with Crippen LogP contribution in [0.1, 0.15) is 49.5 Å². The monoisotopic (exact) mass is 307 g/mol. The molecule has 0 saturated heterocycles. The van der Waals surface area contributed by atoms with Crippen molar-refractivity contribution in [1.29, 1.82) is 0 Å². The van der Waals surface area contributed by atoms with Gasteiger partial charge >= 0.3 is 6.03 Å². The van der Waals surface area contributed by atoms with E-state index in [4.69, 9.17) is 5.21 Å². The average molecular weight is 307 g/mol. The lowest BCUT2D eigenvalue weighted by Crippen LogP contribution is -2.43. The highest BCUT2D eigenvalue weighted by molar-refractivity contribution is 5.93. The Balaban J connectivity index is 2.75. The number of hydrogen-bond acceptors (Lipinski definition) is 3. The van der Waals surface area contributed by atoms with E-state index in [0.29, 0.717) is 18.7 Å². The summed E-state index contributed by atoms with van der Waals surface area (Å²) in [6.07, 6.45) is 1.96. The van der Waals surface area contributed by atoms with Gasteiger partial charge in [-0.15, -0.1) is 0 Å². The van der Waals surface area contributed by atoms with E-state index in [1.807, 2.05) is 13.8 Å². The first-order valence-electron chi connectivity index (χ1n) is 7.56. The van der Waals surface area contributed by atoms with Gasteiger partial charge in [-0.1, -0.05) is 25.5 Å². The minimum atomic E-state index is -0.549. The number of carbonyl (C=O) groups is 2. The quantitative estimate of drug-likeness (QED) is 0.535. The summed E-state index contributed by atoms with van der Waals surface area (Å²) in [5, 5.41) is 11.5. The molecule has 3 N–H and O–H groups in total. The van der Waals surface area contributed by atoms with Gasteiger partial charge in [0, 0.05) is 24.7 Å². The third kappa shape index (κ3) is 5.73. The van der Waals surface area contributed by atoms with Crippen molar-refractivity contribution in [2.45, 2.75) is 46.2 Å². The topological polar surface area (TPSA) is 81.7 Å². The maximum Gasteiger partial charge on any atom is 0.317 e. The molecule has 0 heterocycles. The highest BCUT2D eigenvalue weighted by atomic mass is 16.5. The summed E-state index contributed by atoms with van der Waals surface area (Å²) < 4.78 is 0. The number of benzene rings is 1. The molecule has 0 fully saturated rings. The zero-order valence-corrected chi connectivity index (χ0v) is 13.4. The summed E-state index contributed by atoms with van der Waals surface area (Å²) in [7, 11) is 0. The molecule has 1 aromatic rings. The van der Waals surface area contributed by atoms with E-state index in [2.05, 4.69) is 12.2 Å². The van der Waals surface area contributed by atoms with Crippen LogP contribution in [-0.2, 0) is 6.54 Å². The molecule has 0 aromatic heterocycles. The van der Waals surface area contributed by atoms with Crippen molar-refractivity contribution in [2.24, 2.45) is 0 Å². The molecule has 22 heavy (non-hydrogen) atoms. The lowest BCUT2D eigenvalue weighted by atomic mass is 10.1. The van der Waals surface area contributed by atoms with E-state index in [-0.39, 0.29) is 12.1 Å². The Labute approximate surface area is 131 Å². The number of nitrogens with zero attached hydrogens (tertiary/aromatic N) is 1. The summed E-state index contributed by atoms with van der Waals surface area (Å²) in [4.78, 5) is 25.3. The molecule has 0 radical (unpaired) electrons. The first kappa shape index (κ1) is 18.0. The smallest absolute Gasteiger partial charge is 0.317 e. The Morgan fingerprint density at radius 1 is 1.23 bits per heavy atom. The second kappa shape index (κ2) is 9.04. The zero-order chi connectivity index (χ0) is 16.5. The van der Waals surface area contributed by atoms with Crippen LogP contribution >= 0.6 is 0 Å². The largest absolute Gasteiger partial charge is 0.336 e. The summed E-state index contributed by atoms with van der Waals surface area (Å²) in [5.74, 6) is -0.549. The Hall–Kier alpha value is -2.08. The molecule has 0 spiro atoms. The molecule has 1 rings (SSSR count). The molecular formula is C16H25N3O3. The molecule has 3 amide bonds. The molecule has 0 unspecified atom stereocenters. The first-order valence-corrected chi connectivity index (χ1v) is 7.56. The van der Waals surface area contributed by atoms with Gasteiger partial charge in [0.05, 0.1) is 0 Å². The molecule has 0 aliphatic heterocycles. The fourth-order valence-electron chi connectivity index (χ4n) is 1.99. The van der Waals surface area contributed by atoms with E-state index in [1.165, 1.54) is 0 Å². The lowest BCUT2D eigenvalue weighted by Gasteiger charge is -2.24.